The van der Waals surface area contributed by atoms with Crippen molar-refractivity contribution in [3.8, 4) is 0 Å². The minimum atomic E-state index is -0.0333. The molecule has 0 aromatic heterocycles. The van der Waals surface area contributed by atoms with E-state index in [0.29, 0.717) is 0 Å². The van der Waals surface area contributed by atoms with E-state index in [9.17, 15) is 4.79 Å². The SMILES string of the molecule is CCCC(C(=O)Nc1c(C)cccc1C)N(CC)CC. The van der Waals surface area contributed by atoms with Gasteiger partial charge in [-0.05, 0) is 44.5 Å². The van der Waals surface area contributed by atoms with Crippen LogP contribution in [0, 0.1) is 13.8 Å². The molecule has 1 atom stereocenters. The van der Waals surface area contributed by atoms with Crippen molar-refractivity contribution in [3.63, 3.8) is 0 Å². The number of hydrogen-bond acceptors (Lipinski definition) is 2. The zero-order valence-electron chi connectivity index (χ0n) is 13.5. The molecule has 0 heterocycles. The van der Waals surface area contributed by atoms with E-state index < -0.39 is 0 Å². The van der Waals surface area contributed by atoms with Crippen LogP contribution in [-0.4, -0.2) is 29.9 Å². The molecule has 1 amide bonds. The summed E-state index contributed by atoms with van der Waals surface area (Å²) in [7, 11) is 0. The van der Waals surface area contributed by atoms with Gasteiger partial charge >= 0.3 is 0 Å². The highest BCUT2D eigenvalue weighted by Crippen LogP contribution is 2.20. The third kappa shape index (κ3) is 4.07. The van der Waals surface area contributed by atoms with E-state index in [-0.39, 0.29) is 11.9 Å². The first-order valence-electron chi connectivity index (χ1n) is 7.66. The number of likely N-dealkylation sites (N-methyl/N-ethyl adjacent to an activating group) is 1. The van der Waals surface area contributed by atoms with Crippen molar-refractivity contribution in [3.05, 3.63) is 29.3 Å². The Morgan fingerprint density at radius 3 is 2.15 bits per heavy atom. The molecule has 0 fully saturated rings. The van der Waals surface area contributed by atoms with Crippen LogP contribution in [-0.2, 0) is 4.79 Å². The van der Waals surface area contributed by atoms with Gasteiger partial charge in [-0.3, -0.25) is 9.69 Å². The lowest BCUT2D eigenvalue weighted by Gasteiger charge is -2.28. The van der Waals surface area contributed by atoms with Gasteiger partial charge < -0.3 is 5.32 Å². The second kappa shape index (κ2) is 8.05. The zero-order valence-corrected chi connectivity index (χ0v) is 13.5. The molecule has 1 N–H and O–H groups in total. The van der Waals surface area contributed by atoms with Crippen molar-refractivity contribution < 1.29 is 4.79 Å². The summed E-state index contributed by atoms with van der Waals surface area (Å²) in [6, 6.07) is 6.06. The fourth-order valence-corrected chi connectivity index (χ4v) is 2.64. The number of carbonyl (C=O) groups is 1. The van der Waals surface area contributed by atoms with Crippen molar-refractivity contribution >= 4 is 11.6 Å². The Morgan fingerprint density at radius 2 is 1.70 bits per heavy atom. The summed E-state index contributed by atoms with van der Waals surface area (Å²) in [5, 5.41) is 3.13. The highest BCUT2D eigenvalue weighted by atomic mass is 16.2. The van der Waals surface area contributed by atoms with Crippen LogP contribution in [0.1, 0.15) is 44.7 Å². The van der Waals surface area contributed by atoms with E-state index in [1.807, 2.05) is 32.0 Å². The van der Waals surface area contributed by atoms with E-state index in [1.54, 1.807) is 0 Å². The summed E-state index contributed by atoms with van der Waals surface area (Å²) in [4.78, 5) is 14.8. The van der Waals surface area contributed by atoms with E-state index in [0.717, 1.165) is 42.7 Å². The van der Waals surface area contributed by atoms with Crippen LogP contribution in [0.3, 0.4) is 0 Å². The zero-order chi connectivity index (χ0) is 15.1. The number of amides is 1. The highest BCUT2D eigenvalue weighted by Gasteiger charge is 2.23. The van der Waals surface area contributed by atoms with Crippen molar-refractivity contribution in [2.45, 2.75) is 53.5 Å². The summed E-state index contributed by atoms with van der Waals surface area (Å²) in [5.74, 6) is 0.118. The lowest BCUT2D eigenvalue weighted by atomic mass is 10.1. The van der Waals surface area contributed by atoms with Gasteiger partial charge in [0.15, 0.2) is 0 Å². The van der Waals surface area contributed by atoms with Gasteiger partial charge in [0.2, 0.25) is 5.91 Å². The maximum absolute atomic E-state index is 12.6. The van der Waals surface area contributed by atoms with Gasteiger partial charge in [0.25, 0.3) is 0 Å². The highest BCUT2D eigenvalue weighted by molar-refractivity contribution is 5.96. The molecule has 0 aliphatic carbocycles. The van der Waals surface area contributed by atoms with Crippen LogP contribution in [0.4, 0.5) is 5.69 Å². The molecule has 0 saturated carbocycles. The first kappa shape index (κ1) is 16.7. The smallest absolute Gasteiger partial charge is 0.241 e. The Bertz CT molecular complexity index is 418. The lowest BCUT2D eigenvalue weighted by molar-refractivity contribution is -0.121. The monoisotopic (exact) mass is 276 g/mol. The van der Waals surface area contributed by atoms with Crippen LogP contribution < -0.4 is 5.32 Å². The molecular weight excluding hydrogens is 248 g/mol. The van der Waals surface area contributed by atoms with Gasteiger partial charge in [0.1, 0.15) is 0 Å². The molecule has 0 bridgehead atoms. The molecule has 0 aliphatic rings. The maximum atomic E-state index is 12.6. The number of benzene rings is 1. The van der Waals surface area contributed by atoms with Gasteiger partial charge in [0, 0.05) is 5.69 Å². The molecule has 1 unspecified atom stereocenters. The van der Waals surface area contributed by atoms with Crippen LogP contribution in [0.15, 0.2) is 18.2 Å². The van der Waals surface area contributed by atoms with Crippen molar-refractivity contribution in [1.82, 2.24) is 4.90 Å². The van der Waals surface area contributed by atoms with Crippen molar-refractivity contribution in [2.75, 3.05) is 18.4 Å². The molecule has 20 heavy (non-hydrogen) atoms. The number of para-hydroxylation sites is 1. The Balaban J connectivity index is 2.91. The standard InChI is InChI=1S/C17H28N2O/c1-6-10-15(19(7-2)8-3)17(20)18-16-13(4)11-9-12-14(16)5/h9,11-12,15H,6-8,10H2,1-5H3,(H,18,20). The minimum Gasteiger partial charge on any atom is -0.324 e. The molecule has 112 valence electrons. The lowest BCUT2D eigenvalue weighted by Crippen LogP contribution is -2.44. The Hall–Kier alpha value is -1.35. The third-order valence-corrected chi connectivity index (χ3v) is 3.85. The predicted molar refractivity (Wildman–Crippen MR) is 86.2 cm³/mol. The van der Waals surface area contributed by atoms with E-state index in [4.69, 9.17) is 0 Å². The van der Waals surface area contributed by atoms with E-state index in [2.05, 4.69) is 31.0 Å². The summed E-state index contributed by atoms with van der Waals surface area (Å²) in [6.07, 6.45) is 1.92. The van der Waals surface area contributed by atoms with Crippen LogP contribution in [0.5, 0.6) is 0 Å². The van der Waals surface area contributed by atoms with Crippen LogP contribution in [0.2, 0.25) is 0 Å². The first-order chi connectivity index (χ1) is 9.54. The minimum absolute atomic E-state index is 0.0333. The van der Waals surface area contributed by atoms with Gasteiger partial charge in [0.05, 0.1) is 6.04 Å². The fraction of sp³-hybridized carbons (Fsp3) is 0.588. The Labute approximate surface area is 123 Å². The average Bonchev–Trinajstić information content (AvgIpc) is 2.43. The molecule has 0 aliphatic heterocycles. The van der Waals surface area contributed by atoms with Gasteiger partial charge in [-0.2, -0.15) is 0 Å². The Morgan fingerprint density at radius 1 is 1.15 bits per heavy atom. The number of aryl methyl sites for hydroxylation is 2. The summed E-state index contributed by atoms with van der Waals surface area (Å²) in [6.45, 7) is 12.2. The molecule has 0 saturated heterocycles. The molecule has 0 spiro atoms. The predicted octanol–water partition coefficient (Wildman–Crippen LogP) is 3.75. The van der Waals surface area contributed by atoms with Crippen molar-refractivity contribution in [2.24, 2.45) is 0 Å². The summed E-state index contributed by atoms with van der Waals surface area (Å²) >= 11 is 0. The normalized spacial score (nSPS) is 12.5. The topological polar surface area (TPSA) is 32.3 Å². The molecule has 3 nitrogen and oxygen atoms in total. The number of rotatable bonds is 7. The largest absolute Gasteiger partial charge is 0.324 e. The van der Waals surface area contributed by atoms with Crippen LogP contribution in [0.25, 0.3) is 0 Å². The first-order valence-corrected chi connectivity index (χ1v) is 7.66. The second-order valence-corrected chi connectivity index (χ2v) is 5.28. The average molecular weight is 276 g/mol. The molecule has 3 heteroatoms. The summed E-state index contributed by atoms with van der Waals surface area (Å²) in [5.41, 5.74) is 3.20. The van der Waals surface area contributed by atoms with E-state index >= 15 is 0 Å². The van der Waals surface area contributed by atoms with Gasteiger partial charge in [-0.25, -0.2) is 0 Å². The molecule has 1 rings (SSSR count). The second-order valence-electron chi connectivity index (χ2n) is 5.28. The van der Waals surface area contributed by atoms with Crippen molar-refractivity contribution in [1.29, 1.82) is 0 Å². The van der Waals surface area contributed by atoms with Crippen LogP contribution >= 0.6 is 0 Å². The third-order valence-electron chi connectivity index (χ3n) is 3.85. The van der Waals surface area contributed by atoms with Gasteiger partial charge in [-0.1, -0.05) is 45.4 Å². The fourth-order valence-electron chi connectivity index (χ4n) is 2.64. The number of carbonyl (C=O) groups excluding carboxylic acids is 1. The maximum Gasteiger partial charge on any atom is 0.241 e. The number of anilines is 1. The molecule has 1 aromatic rings. The number of hydrogen-bond donors (Lipinski definition) is 1. The number of nitrogens with zero attached hydrogens (tertiary/aromatic N) is 1. The number of nitrogens with one attached hydrogen (secondary N) is 1. The quantitative estimate of drug-likeness (QED) is 0.822. The Kier molecular flexibility index (Phi) is 6.73. The molecular formula is C17H28N2O. The van der Waals surface area contributed by atoms with Gasteiger partial charge in [-0.15, -0.1) is 0 Å². The molecule has 1 aromatic carbocycles. The molecule has 0 radical (unpaired) electrons. The summed E-state index contributed by atoms with van der Waals surface area (Å²) < 4.78 is 0. The van der Waals surface area contributed by atoms with E-state index in [1.165, 1.54) is 0 Å².